The van der Waals surface area contributed by atoms with Gasteiger partial charge in [0.25, 0.3) is 5.89 Å². The van der Waals surface area contributed by atoms with Crippen molar-refractivity contribution in [1.29, 1.82) is 0 Å². The molecule has 0 aliphatic carbocycles. The minimum absolute atomic E-state index is 0.160. The zero-order valence-corrected chi connectivity index (χ0v) is 11.5. The summed E-state index contributed by atoms with van der Waals surface area (Å²) in [6.07, 6.45) is -0.160. The van der Waals surface area contributed by atoms with Gasteiger partial charge in [-0.05, 0) is 18.2 Å². The van der Waals surface area contributed by atoms with E-state index in [1.54, 1.807) is 12.1 Å². The summed E-state index contributed by atoms with van der Waals surface area (Å²) < 4.78 is 16.2. The SMILES string of the molecule is Clc1cccc(OCc2nc(C3CNCCO3)no2)c1. The highest BCUT2D eigenvalue weighted by Gasteiger charge is 2.21. The Balaban J connectivity index is 1.59. The van der Waals surface area contributed by atoms with Gasteiger partial charge in [-0.3, -0.25) is 0 Å². The summed E-state index contributed by atoms with van der Waals surface area (Å²) in [5.41, 5.74) is 0. The van der Waals surface area contributed by atoms with Crippen LogP contribution in [-0.2, 0) is 11.3 Å². The number of morpholine rings is 1. The number of hydrogen-bond acceptors (Lipinski definition) is 6. The van der Waals surface area contributed by atoms with Crippen LogP contribution in [0.25, 0.3) is 0 Å². The number of benzene rings is 1. The topological polar surface area (TPSA) is 69.4 Å². The molecule has 2 heterocycles. The molecule has 1 atom stereocenters. The van der Waals surface area contributed by atoms with Crippen LogP contribution in [0.3, 0.4) is 0 Å². The predicted molar refractivity (Wildman–Crippen MR) is 71.6 cm³/mol. The zero-order valence-electron chi connectivity index (χ0n) is 10.7. The third kappa shape index (κ3) is 3.27. The van der Waals surface area contributed by atoms with E-state index in [1.807, 2.05) is 12.1 Å². The van der Waals surface area contributed by atoms with Crippen molar-refractivity contribution in [2.75, 3.05) is 19.7 Å². The average molecular weight is 296 g/mol. The first-order chi connectivity index (χ1) is 9.81. The molecule has 2 aromatic rings. The van der Waals surface area contributed by atoms with Gasteiger partial charge in [-0.15, -0.1) is 0 Å². The van der Waals surface area contributed by atoms with Gasteiger partial charge in [-0.25, -0.2) is 0 Å². The maximum Gasteiger partial charge on any atom is 0.264 e. The molecule has 0 saturated carbocycles. The molecule has 1 fully saturated rings. The van der Waals surface area contributed by atoms with Crippen LogP contribution in [0, 0.1) is 0 Å². The maximum atomic E-state index is 5.88. The molecule has 1 aliphatic heterocycles. The number of aromatic nitrogens is 2. The van der Waals surface area contributed by atoms with Gasteiger partial charge in [0.15, 0.2) is 6.61 Å². The molecule has 0 bridgehead atoms. The molecule has 1 aromatic heterocycles. The third-order valence-corrected chi connectivity index (χ3v) is 3.09. The summed E-state index contributed by atoms with van der Waals surface area (Å²) in [6.45, 7) is 2.38. The van der Waals surface area contributed by atoms with Crippen molar-refractivity contribution >= 4 is 11.6 Å². The van der Waals surface area contributed by atoms with Crippen molar-refractivity contribution in [3.05, 3.63) is 41.0 Å². The van der Waals surface area contributed by atoms with Gasteiger partial charge < -0.3 is 19.3 Å². The van der Waals surface area contributed by atoms with Gasteiger partial charge in [0, 0.05) is 18.1 Å². The highest BCUT2D eigenvalue weighted by atomic mass is 35.5. The van der Waals surface area contributed by atoms with E-state index in [2.05, 4.69) is 15.5 Å². The fraction of sp³-hybridized carbons (Fsp3) is 0.385. The lowest BCUT2D eigenvalue weighted by atomic mass is 10.3. The highest BCUT2D eigenvalue weighted by Crippen LogP contribution is 2.19. The van der Waals surface area contributed by atoms with Gasteiger partial charge in [0.05, 0.1) is 6.61 Å². The molecule has 0 spiro atoms. The Hall–Kier alpha value is -1.63. The van der Waals surface area contributed by atoms with E-state index in [-0.39, 0.29) is 12.7 Å². The maximum absolute atomic E-state index is 5.88. The molecule has 20 heavy (non-hydrogen) atoms. The van der Waals surface area contributed by atoms with Crippen LogP contribution >= 0.6 is 11.6 Å². The Labute approximate surface area is 121 Å². The van der Waals surface area contributed by atoms with Gasteiger partial charge in [-0.2, -0.15) is 4.98 Å². The smallest absolute Gasteiger partial charge is 0.264 e. The molecule has 1 aromatic carbocycles. The molecule has 1 aliphatic rings. The minimum Gasteiger partial charge on any atom is -0.484 e. The van der Waals surface area contributed by atoms with E-state index in [4.69, 9.17) is 25.6 Å². The minimum atomic E-state index is -0.160. The molecular formula is C13H14ClN3O3. The van der Waals surface area contributed by atoms with Crippen LogP contribution in [0.15, 0.2) is 28.8 Å². The Morgan fingerprint density at radius 1 is 1.45 bits per heavy atom. The second-order valence-corrected chi connectivity index (χ2v) is 4.79. The monoisotopic (exact) mass is 295 g/mol. The molecule has 1 N–H and O–H groups in total. The normalized spacial score (nSPS) is 18.9. The Bertz CT molecular complexity index is 569. The van der Waals surface area contributed by atoms with Crippen LogP contribution in [0.1, 0.15) is 17.8 Å². The summed E-state index contributed by atoms with van der Waals surface area (Å²) in [5, 5.41) is 7.75. The molecule has 106 valence electrons. The van der Waals surface area contributed by atoms with Gasteiger partial charge in [0.2, 0.25) is 5.82 Å². The molecule has 3 rings (SSSR count). The van der Waals surface area contributed by atoms with E-state index >= 15 is 0 Å². The van der Waals surface area contributed by atoms with Crippen molar-refractivity contribution < 1.29 is 14.0 Å². The Kier molecular flexibility index (Phi) is 4.15. The first kappa shape index (κ1) is 13.4. The van der Waals surface area contributed by atoms with Crippen LogP contribution in [0.4, 0.5) is 0 Å². The Morgan fingerprint density at radius 2 is 2.40 bits per heavy atom. The second kappa shape index (κ2) is 6.21. The zero-order chi connectivity index (χ0) is 13.8. The van der Waals surface area contributed by atoms with E-state index in [9.17, 15) is 0 Å². The number of ether oxygens (including phenoxy) is 2. The quantitative estimate of drug-likeness (QED) is 0.930. The number of halogens is 1. The van der Waals surface area contributed by atoms with Crippen LogP contribution < -0.4 is 10.1 Å². The average Bonchev–Trinajstić information content (AvgIpc) is 2.95. The molecule has 0 radical (unpaired) electrons. The lowest BCUT2D eigenvalue weighted by Crippen LogP contribution is -2.33. The number of nitrogens with one attached hydrogen (secondary N) is 1. The lowest BCUT2D eigenvalue weighted by molar-refractivity contribution is 0.0208. The fourth-order valence-electron chi connectivity index (χ4n) is 1.89. The fourth-order valence-corrected chi connectivity index (χ4v) is 2.07. The van der Waals surface area contributed by atoms with Gasteiger partial charge >= 0.3 is 0 Å². The third-order valence-electron chi connectivity index (χ3n) is 2.86. The molecule has 7 heteroatoms. The van der Waals surface area contributed by atoms with Crippen molar-refractivity contribution in [3.63, 3.8) is 0 Å². The summed E-state index contributed by atoms with van der Waals surface area (Å²) >= 11 is 5.88. The summed E-state index contributed by atoms with van der Waals surface area (Å²) in [5.74, 6) is 1.61. The van der Waals surface area contributed by atoms with Crippen molar-refractivity contribution in [2.45, 2.75) is 12.7 Å². The van der Waals surface area contributed by atoms with Crippen molar-refractivity contribution in [1.82, 2.24) is 15.5 Å². The number of nitrogens with zero attached hydrogens (tertiary/aromatic N) is 2. The molecular weight excluding hydrogens is 282 g/mol. The lowest BCUT2D eigenvalue weighted by Gasteiger charge is -2.20. The van der Waals surface area contributed by atoms with Crippen molar-refractivity contribution in [3.8, 4) is 5.75 Å². The van der Waals surface area contributed by atoms with E-state index in [0.717, 1.165) is 6.54 Å². The standard InChI is InChI=1S/C13H14ClN3O3/c14-9-2-1-3-10(6-9)19-8-12-16-13(17-20-12)11-7-15-4-5-18-11/h1-3,6,11,15H,4-5,7-8H2. The predicted octanol–water partition coefficient (Wildman–Crippen LogP) is 1.96. The van der Waals surface area contributed by atoms with Gasteiger partial charge in [-0.1, -0.05) is 22.8 Å². The number of rotatable bonds is 4. The Morgan fingerprint density at radius 3 is 3.20 bits per heavy atom. The van der Waals surface area contributed by atoms with E-state index in [0.29, 0.717) is 35.6 Å². The summed E-state index contributed by atoms with van der Waals surface area (Å²) in [7, 11) is 0. The second-order valence-electron chi connectivity index (χ2n) is 4.36. The van der Waals surface area contributed by atoms with E-state index in [1.165, 1.54) is 0 Å². The molecule has 1 saturated heterocycles. The molecule has 0 amide bonds. The van der Waals surface area contributed by atoms with Crippen LogP contribution in [0.2, 0.25) is 5.02 Å². The van der Waals surface area contributed by atoms with Crippen molar-refractivity contribution in [2.24, 2.45) is 0 Å². The van der Waals surface area contributed by atoms with Crippen LogP contribution in [-0.4, -0.2) is 29.8 Å². The first-order valence-electron chi connectivity index (χ1n) is 6.34. The number of hydrogen-bond donors (Lipinski definition) is 1. The summed E-state index contributed by atoms with van der Waals surface area (Å²) in [6, 6.07) is 7.15. The molecule has 6 nitrogen and oxygen atoms in total. The van der Waals surface area contributed by atoms with Gasteiger partial charge in [0.1, 0.15) is 11.9 Å². The van der Waals surface area contributed by atoms with Crippen LogP contribution in [0.5, 0.6) is 5.75 Å². The summed E-state index contributed by atoms with van der Waals surface area (Å²) in [4.78, 5) is 4.27. The highest BCUT2D eigenvalue weighted by molar-refractivity contribution is 6.30. The van der Waals surface area contributed by atoms with E-state index < -0.39 is 0 Å². The largest absolute Gasteiger partial charge is 0.484 e. The first-order valence-corrected chi connectivity index (χ1v) is 6.72. The molecule has 1 unspecified atom stereocenters.